The number of rotatable bonds is 5. The molecule has 0 saturated carbocycles. The molecule has 0 amide bonds. The van der Waals surface area contributed by atoms with Gasteiger partial charge in [-0.05, 0) is 11.6 Å². The second-order valence-corrected chi connectivity index (χ2v) is 4.89. The Morgan fingerprint density at radius 2 is 2.00 bits per heavy atom. The molecule has 2 heterocycles. The van der Waals surface area contributed by atoms with E-state index in [1.165, 1.54) is 12.2 Å². The third kappa shape index (κ3) is 3.39. The predicted octanol–water partition coefficient (Wildman–Crippen LogP) is 0.880. The van der Waals surface area contributed by atoms with Crippen molar-refractivity contribution in [1.29, 1.82) is 0 Å². The first-order chi connectivity index (χ1) is 11.7. The molecule has 8 nitrogen and oxygen atoms in total. The van der Waals surface area contributed by atoms with Gasteiger partial charge in [0.1, 0.15) is 12.3 Å². The third-order valence-electron chi connectivity index (χ3n) is 3.17. The molecule has 0 saturated heterocycles. The molecular weight excluding hydrogens is 310 g/mol. The number of benzene rings is 1. The summed E-state index contributed by atoms with van der Waals surface area (Å²) in [6, 6.07) is 9.54. The lowest BCUT2D eigenvalue weighted by atomic mass is 10.2. The molecule has 0 radical (unpaired) electrons. The van der Waals surface area contributed by atoms with Crippen LogP contribution in [-0.4, -0.2) is 31.6 Å². The van der Waals surface area contributed by atoms with Crippen molar-refractivity contribution in [2.45, 2.75) is 6.61 Å². The van der Waals surface area contributed by atoms with Crippen LogP contribution in [0.3, 0.4) is 0 Å². The van der Waals surface area contributed by atoms with Gasteiger partial charge in [0.15, 0.2) is 11.2 Å². The molecule has 0 unspecified atom stereocenters. The maximum atomic E-state index is 11.9. The molecule has 122 valence electrons. The van der Waals surface area contributed by atoms with Gasteiger partial charge in [0.25, 0.3) is 5.56 Å². The zero-order valence-electron chi connectivity index (χ0n) is 12.6. The monoisotopic (exact) mass is 325 g/mol. The average Bonchev–Trinajstić information content (AvgIpc) is 2.59. The van der Waals surface area contributed by atoms with E-state index < -0.39 is 5.56 Å². The number of nitrogens with zero attached hydrogens (tertiary/aromatic N) is 3. The van der Waals surface area contributed by atoms with E-state index in [0.29, 0.717) is 0 Å². The van der Waals surface area contributed by atoms with Gasteiger partial charge >= 0.3 is 0 Å². The maximum Gasteiger partial charge on any atom is 0.275 e. The molecule has 0 aliphatic heterocycles. The van der Waals surface area contributed by atoms with Crippen molar-refractivity contribution in [2.24, 2.45) is 0 Å². The van der Waals surface area contributed by atoms with E-state index >= 15 is 0 Å². The number of aliphatic hydroxyl groups excluding tert-OH is 1. The fraction of sp³-hybridized carbons (Fsp3) is 0.125. The van der Waals surface area contributed by atoms with Crippen LogP contribution in [0.2, 0.25) is 0 Å². The van der Waals surface area contributed by atoms with E-state index in [1.807, 2.05) is 30.3 Å². The molecule has 8 heteroatoms. The summed E-state index contributed by atoms with van der Waals surface area (Å²) in [4.78, 5) is 26.8. The van der Waals surface area contributed by atoms with Crippen molar-refractivity contribution in [2.75, 3.05) is 12.3 Å². The van der Waals surface area contributed by atoms with Crippen molar-refractivity contribution in [3.05, 3.63) is 58.0 Å². The first kappa shape index (κ1) is 15.6. The smallest absolute Gasteiger partial charge is 0.275 e. The van der Waals surface area contributed by atoms with Crippen molar-refractivity contribution in [3.8, 4) is 5.88 Å². The molecule has 24 heavy (non-hydrogen) atoms. The number of ether oxygens (including phenoxy) is 1. The molecule has 0 bridgehead atoms. The Labute approximate surface area is 136 Å². The summed E-state index contributed by atoms with van der Waals surface area (Å²) < 4.78 is 5.70. The number of nitrogens with two attached hydrogens (primary N) is 1. The van der Waals surface area contributed by atoms with Crippen molar-refractivity contribution >= 4 is 23.2 Å². The minimum absolute atomic E-state index is 0.0262. The lowest BCUT2D eigenvalue weighted by Gasteiger charge is -2.08. The summed E-state index contributed by atoms with van der Waals surface area (Å²) in [5.41, 5.74) is 6.77. The van der Waals surface area contributed by atoms with Crippen LogP contribution in [0, 0.1) is 0 Å². The molecule has 1 aromatic carbocycles. The third-order valence-corrected chi connectivity index (χ3v) is 3.17. The maximum absolute atomic E-state index is 11.9. The Bertz CT molecular complexity index is 938. The van der Waals surface area contributed by atoms with E-state index in [9.17, 15) is 4.79 Å². The van der Waals surface area contributed by atoms with Crippen LogP contribution in [0.5, 0.6) is 5.88 Å². The number of H-pyrrole nitrogens is 1. The standard InChI is InChI=1S/C16H15N5O3/c17-16-20-13-12(18-11(7-4-8-22)14(23)19-13)15(21-16)24-9-10-5-2-1-3-6-10/h1-7,22H,8-9H2,(H3,17,19,20,21,23)/b7-4-. The van der Waals surface area contributed by atoms with Crippen molar-refractivity contribution in [3.63, 3.8) is 0 Å². The SMILES string of the molecule is Nc1nc(OCc2ccccc2)c2nc(/C=C\CO)c(=O)[nH]c2n1. The topological polar surface area (TPSA) is 127 Å². The summed E-state index contributed by atoms with van der Waals surface area (Å²) in [6.45, 7) is 0.0732. The molecule has 3 aromatic rings. The first-order valence-corrected chi connectivity index (χ1v) is 7.19. The Balaban J connectivity index is 2.02. The number of nitrogens with one attached hydrogen (secondary N) is 1. The number of aliphatic hydroxyl groups is 1. The number of aromatic nitrogens is 4. The summed E-state index contributed by atoms with van der Waals surface area (Å²) in [7, 11) is 0. The van der Waals surface area contributed by atoms with Crippen LogP contribution in [0.15, 0.2) is 41.2 Å². The quantitative estimate of drug-likeness (QED) is 0.635. The minimum Gasteiger partial charge on any atom is -0.471 e. The molecule has 0 atom stereocenters. The molecule has 3 rings (SSSR count). The van der Waals surface area contributed by atoms with Gasteiger partial charge in [-0.2, -0.15) is 9.97 Å². The van der Waals surface area contributed by atoms with Gasteiger partial charge < -0.3 is 20.6 Å². The fourth-order valence-electron chi connectivity index (χ4n) is 2.09. The summed E-state index contributed by atoms with van der Waals surface area (Å²) in [5, 5.41) is 8.84. The molecule has 0 aliphatic carbocycles. The van der Waals surface area contributed by atoms with E-state index in [2.05, 4.69) is 19.9 Å². The highest BCUT2D eigenvalue weighted by Crippen LogP contribution is 2.20. The van der Waals surface area contributed by atoms with Crippen LogP contribution in [0.4, 0.5) is 5.95 Å². The van der Waals surface area contributed by atoms with Crippen molar-refractivity contribution in [1.82, 2.24) is 19.9 Å². The largest absolute Gasteiger partial charge is 0.471 e. The molecule has 2 aromatic heterocycles. The number of fused-ring (bicyclic) bond motifs is 1. The molecule has 4 N–H and O–H groups in total. The normalized spacial score (nSPS) is 11.2. The number of hydrogen-bond acceptors (Lipinski definition) is 7. The Morgan fingerprint density at radius 1 is 1.21 bits per heavy atom. The van der Waals surface area contributed by atoms with Gasteiger partial charge in [-0.3, -0.25) is 4.79 Å². The molecular formula is C16H15N5O3. The number of aromatic amines is 1. The van der Waals surface area contributed by atoms with Crippen LogP contribution in [0.25, 0.3) is 17.2 Å². The molecule has 0 aliphatic rings. The zero-order valence-corrected chi connectivity index (χ0v) is 12.6. The minimum atomic E-state index is -0.445. The van der Waals surface area contributed by atoms with E-state index in [4.69, 9.17) is 15.6 Å². The first-order valence-electron chi connectivity index (χ1n) is 7.19. The van der Waals surface area contributed by atoms with Gasteiger partial charge in [-0.15, -0.1) is 0 Å². The Kier molecular flexibility index (Phi) is 4.48. The second kappa shape index (κ2) is 6.88. The fourth-order valence-corrected chi connectivity index (χ4v) is 2.09. The van der Waals surface area contributed by atoms with Crippen LogP contribution in [0.1, 0.15) is 11.3 Å². The van der Waals surface area contributed by atoms with Crippen LogP contribution < -0.4 is 16.0 Å². The lowest BCUT2D eigenvalue weighted by molar-refractivity contribution is 0.297. The van der Waals surface area contributed by atoms with Crippen molar-refractivity contribution < 1.29 is 9.84 Å². The van der Waals surface area contributed by atoms with Gasteiger partial charge in [0.05, 0.1) is 6.61 Å². The van der Waals surface area contributed by atoms with Gasteiger partial charge in [-0.25, -0.2) is 4.98 Å². The van der Waals surface area contributed by atoms with E-state index in [1.54, 1.807) is 0 Å². The van der Waals surface area contributed by atoms with E-state index in [0.717, 1.165) is 5.56 Å². The number of anilines is 1. The zero-order chi connectivity index (χ0) is 16.9. The lowest BCUT2D eigenvalue weighted by Crippen LogP contribution is -2.14. The highest BCUT2D eigenvalue weighted by atomic mass is 16.5. The Hall–Kier alpha value is -3.26. The molecule has 0 spiro atoms. The van der Waals surface area contributed by atoms with Gasteiger partial charge in [-0.1, -0.05) is 36.4 Å². The highest BCUT2D eigenvalue weighted by molar-refractivity contribution is 5.77. The van der Waals surface area contributed by atoms with E-state index in [-0.39, 0.29) is 41.9 Å². The van der Waals surface area contributed by atoms with Gasteiger partial charge in [0.2, 0.25) is 11.8 Å². The average molecular weight is 325 g/mol. The van der Waals surface area contributed by atoms with Crippen LogP contribution >= 0.6 is 0 Å². The summed E-state index contributed by atoms with van der Waals surface area (Å²) in [6.07, 6.45) is 2.82. The number of hydrogen-bond donors (Lipinski definition) is 3. The number of nitrogen functional groups attached to an aromatic ring is 1. The predicted molar refractivity (Wildman–Crippen MR) is 89.3 cm³/mol. The highest BCUT2D eigenvalue weighted by Gasteiger charge is 2.12. The second-order valence-electron chi connectivity index (χ2n) is 4.89. The van der Waals surface area contributed by atoms with Crippen LogP contribution in [-0.2, 0) is 6.61 Å². The Morgan fingerprint density at radius 3 is 2.75 bits per heavy atom. The van der Waals surface area contributed by atoms with Gasteiger partial charge in [0, 0.05) is 0 Å². The molecule has 0 fully saturated rings. The summed E-state index contributed by atoms with van der Waals surface area (Å²) in [5.74, 6) is 0.151. The summed E-state index contributed by atoms with van der Waals surface area (Å²) >= 11 is 0.